The van der Waals surface area contributed by atoms with Crippen molar-refractivity contribution in [3.63, 3.8) is 0 Å². The summed E-state index contributed by atoms with van der Waals surface area (Å²) in [6.07, 6.45) is 0. The number of rotatable bonds is 3. The van der Waals surface area contributed by atoms with E-state index in [0.717, 1.165) is 28.4 Å². The van der Waals surface area contributed by atoms with Crippen molar-refractivity contribution in [2.75, 3.05) is 26.7 Å². The van der Waals surface area contributed by atoms with Crippen LogP contribution in [0.3, 0.4) is 0 Å². The molecule has 0 radical (unpaired) electrons. The molecule has 0 aliphatic carbocycles. The SMILES string of the molecule is COc1cccc(S(=O)(=O)N2CCN(C3=Nc4ccccc4Oc4ccc(C)cc43)CC2C)c1. The van der Waals surface area contributed by atoms with E-state index in [1.807, 2.05) is 50.2 Å². The van der Waals surface area contributed by atoms with Crippen LogP contribution in [-0.4, -0.2) is 56.2 Å². The second kappa shape index (κ2) is 8.77. The number of nitrogens with zero attached hydrogens (tertiary/aromatic N) is 3. The van der Waals surface area contributed by atoms with Gasteiger partial charge in [-0.25, -0.2) is 13.4 Å². The van der Waals surface area contributed by atoms with E-state index < -0.39 is 10.0 Å². The fraction of sp³-hybridized carbons (Fsp3) is 0.269. The first kappa shape index (κ1) is 22.4. The lowest BCUT2D eigenvalue weighted by Gasteiger charge is -2.40. The van der Waals surface area contributed by atoms with Crippen LogP contribution in [0.25, 0.3) is 0 Å². The van der Waals surface area contributed by atoms with Crippen LogP contribution < -0.4 is 9.47 Å². The van der Waals surface area contributed by atoms with Crippen LogP contribution in [0, 0.1) is 6.92 Å². The van der Waals surface area contributed by atoms with E-state index in [1.54, 1.807) is 28.6 Å². The summed E-state index contributed by atoms with van der Waals surface area (Å²) in [7, 11) is -2.13. The van der Waals surface area contributed by atoms with Crippen LogP contribution in [0.15, 0.2) is 76.6 Å². The first-order valence-corrected chi connectivity index (χ1v) is 12.7. The van der Waals surface area contributed by atoms with Gasteiger partial charge in [0.05, 0.1) is 17.6 Å². The molecule has 2 aliphatic heterocycles. The third-order valence-corrected chi connectivity index (χ3v) is 8.21. The molecular formula is C26H27N3O4S. The third-order valence-electron chi connectivity index (χ3n) is 6.20. The molecule has 8 heteroatoms. The monoisotopic (exact) mass is 477 g/mol. The molecule has 7 nitrogen and oxygen atoms in total. The number of para-hydroxylation sites is 2. The average molecular weight is 478 g/mol. The second-order valence-corrected chi connectivity index (χ2v) is 10.5. The molecule has 34 heavy (non-hydrogen) atoms. The van der Waals surface area contributed by atoms with Crippen LogP contribution in [0.4, 0.5) is 5.69 Å². The highest BCUT2D eigenvalue weighted by Gasteiger charge is 2.36. The predicted octanol–water partition coefficient (Wildman–Crippen LogP) is 4.58. The normalized spacial score (nSPS) is 18.3. The maximum absolute atomic E-state index is 13.4. The molecule has 1 fully saturated rings. The fourth-order valence-electron chi connectivity index (χ4n) is 4.46. The van der Waals surface area contributed by atoms with Gasteiger partial charge in [-0.1, -0.05) is 29.8 Å². The van der Waals surface area contributed by atoms with Crippen molar-refractivity contribution in [2.45, 2.75) is 24.8 Å². The molecular weight excluding hydrogens is 450 g/mol. The van der Waals surface area contributed by atoms with Gasteiger partial charge in [0.2, 0.25) is 10.0 Å². The van der Waals surface area contributed by atoms with Gasteiger partial charge in [-0.15, -0.1) is 0 Å². The highest BCUT2D eigenvalue weighted by atomic mass is 32.2. The van der Waals surface area contributed by atoms with Crippen LogP contribution in [-0.2, 0) is 10.0 Å². The first-order chi connectivity index (χ1) is 16.4. The van der Waals surface area contributed by atoms with Crippen LogP contribution >= 0.6 is 0 Å². The predicted molar refractivity (Wildman–Crippen MR) is 132 cm³/mol. The zero-order valence-electron chi connectivity index (χ0n) is 19.4. The highest BCUT2D eigenvalue weighted by molar-refractivity contribution is 7.89. The van der Waals surface area contributed by atoms with Gasteiger partial charge in [-0.3, -0.25) is 0 Å². The number of ether oxygens (including phenoxy) is 2. The minimum absolute atomic E-state index is 0.238. The molecule has 1 unspecified atom stereocenters. The summed E-state index contributed by atoms with van der Waals surface area (Å²) in [5.74, 6) is 2.77. The van der Waals surface area contributed by atoms with Gasteiger partial charge < -0.3 is 14.4 Å². The minimum atomic E-state index is -3.66. The standard InChI is InChI=1S/C26H27N3O4S/c1-18-11-12-24-22(15-18)26(27-23-9-4-5-10-25(23)33-24)28-13-14-29(19(2)17-28)34(30,31)21-8-6-7-20(16-21)32-3/h4-12,15-16,19H,13-14,17H2,1-3H3. The summed E-state index contributed by atoms with van der Waals surface area (Å²) in [5, 5.41) is 0. The van der Waals surface area contributed by atoms with E-state index >= 15 is 0 Å². The molecule has 1 saturated heterocycles. The molecule has 0 amide bonds. The lowest BCUT2D eigenvalue weighted by molar-refractivity contribution is 0.205. The Labute approximate surface area is 200 Å². The van der Waals surface area contributed by atoms with Gasteiger partial charge in [0.1, 0.15) is 23.0 Å². The van der Waals surface area contributed by atoms with Crippen molar-refractivity contribution >= 4 is 21.5 Å². The molecule has 2 heterocycles. The summed E-state index contributed by atoms with van der Waals surface area (Å²) >= 11 is 0. The van der Waals surface area contributed by atoms with Crippen molar-refractivity contribution in [1.82, 2.24) is 9.21 Å². The van der Waals surface area contributed by atoms with E-state index in [4.69, 9.17) is 14.5 Å². The molecule has 3 aromatic rings. The molecule has 3 aromatic carbocycles. The van der Waals surface area contributed by atoms with Crippen molar-refractivity contribution in [3.8, 4) is 17.2 Å². The van der Waals surface area contributed by atoms with Gasteiger partial charge in [0.15, 0.2) is 5.75 Å². The minimum Gasteiger partial charge on any atom is -0.497 e. The van der Waals surface area contributed by atoms with E-state index in [9.17, 15) is 8.42 Å². The summed E-state index contributed by atoms with van der Waals surface area (Å²) in [6, 6.07) is 20.1. The number of hydrogen-bond donors (Lipinski definition) is 0. The quantitative estimate of drug-likeness (QED) is 0.552. The Morgan fingerprint density at radius 3 is 2.62 bits per heavy atom. The number of sulfonamides is 1. The van der Waals surface area contributed by atoms with Gasteiger partial charge >= 0.3 is 0 Å². The van der Waals surface area contributed by atoms with Crippen LogP contribution in [0.1, 0.15) is 18.1 Å². The number of aryl methyl sites for hydroxylation is 1. The van der Waals surface area contributed by atoms with Crippen LogP contribution in [0.5, 0.6) is 17.2 Å². The van der Waals surface area contributed by atoms with Crippen molar-refractivity contribution in [2.24, 2.45) is 4.99 Å². The van der Waals surface area contributed by atoms with Crippen molar-refractivity contribution in [3.05, 3.63) is 77.9 Å². The topological polar surface area (TPSA) is 71.4 Å². The Morgan fingerprint density at radius 1 is 1.00 bits per heavy atom. The molecule has 0 aromatic heterocycles. The number of fused-ring (bicyclic) bond motifs is 2. The zero-order valence-corrected chi connectivity index (χ0v) is 20.2. The van der Waals surface area contributed by atoms with Gasteiger partial charge in [-0.2, -0.15) is 4.31 Å². The third kappa shape index (κ3) is 4.03. The number of amidine groups is 1. The lowest BCUT2D eigenvalue weighted by atomic mass is 10.1. The first-order valence-electron chi connectivity index (χ1n) is 11.2. The second-order valence-electron chi connectivity index (χ2n) is 8.59. The summed E-state index contributed by atoms with van der Waals surface area (Å²) in [6.45, 7) is 5.35. The van der Waals surface area contributed by atoms with Crippen LogP contribution in [0.2, 0.25) is 0 Å². The molecule has 5 rings (SSSR count). The van der Waals surface area contributed by atoms with Crippen molar-refractivity contribution in [1.29, 1.82) is 0 Å². The Hall–Kier alpha value is -3.36. The maximum atomic E-state index is 13.4. The highest BCUT2D eigenvalue weighted by Crippen LogP contribution is 2.38. The Balaban J connectivity index is 1.48. The van der Waals surface area contributed by atoms with Gasteiger partial charge in [0, 0.05) is 31.7 Å². The zero-order chi connectivity index (χ0) is 23.9. The average Bonchev–Trinajstić information content (AvgIpc) is 3.00. The summed E-state index contributed by atoms with van der Waals surface area (Å²) in [4.78, 5) is 7.38. The number of aliphatic imine (C=N–C) groups is 1. The Kier molecular flexibility index (Phi) is 5.79. The molecule has 2 aliphatic rings. The molecule has 176 valence electrons. The van der Waals surface area contributed by atoms with Crippen molar-refractivity contribution < 1.29 is 17.9 Å². The molecule has 0 saturated carbocycles. The summed E-state index contributed by atoms with van der Waals surface area (Å²) < 4.78 is 39.8. The lowest BCUT2D eigenvalue weighted by Crippen LogP contribution is -2.55. The molecule has 0 N–H and O–H groups in total. The van der Waals surface area contributed by atoms with E-state index in [0.29, 0.717) is 31.1 Å². The number of benzene rings is 3. The van der Waals surface area contributed by atoms with E-state index in [1.165, 1.54) is 7.11 Å². The molecule has 1 atom stereocenters. The number of hydrogen-bond acceptors (Lipinski definition) is 6. The largest absolute Gasteiger partial charge is 0.497 e. The maximum Gasteiger partial charge on any atom is 0.243 e. The fourth-order valence-corrected chi connectivity index (χ4v) is 6.11. The number of methoxy groups -OCH3 is 1. The Morgan fingerprint density at radius 2 is 1.82 bits per heavy atom. The number of piperazine rings is 1. The van der Waals surface area contributed by atoms with E-state index in [2.05, 4.69) is 11.0 Å². The van der Waals surface area contributed by atoms with Gasteiger partial charge in [0.25, 0.3) is 0 Å². The Bertz CT molecular complexity index is 1370. The van der Waals surface area contributed by atoms with E-state index in [-0.39, 0.29) is 10.9 Å². The molecule has 0 spiro atoms. The smallest absolute Gasteiger partial charge is 0.243 e. The van der Waals surface area contributed by atoms with Gasteiger partial charge in [-0.05, 0) is 50.2 Å². The summed E-state index contributed by atoms with van der Waals surface area (Å²) in [5.41, 5.74) is 2.77. The molecule has 0 bridgehead atoms.